The molecular weight excluding hydrogens is 574 g/mol. The first kappa shape index (κ1) is 28.3. The van der Waals surface area contributed by atoms with Crippen molar-refractivity contribution in [3.63, 3.8) is 0 Å². The van der Waals surface area contributed by atoms with Gasteiger partial charge in [-0.25, -0.2) is 0 Å². The Balaban J connectivity index is 1.18. The van der Waals surface area contributed by atoms with Crippen molar-refractivity contribution in [2.45, 2.75) is 56.6 Å². The molecule has 4 aromatic carbocycles. The third kappa shape index (κ3) is 4.49. The highest BCUT2D eigenvalue weighted by molar-refractivity contribution is 5.86. The SMILES string of the molecule is CC12CCC3C(C4=C(C=C(c5ccc(N)cc5N5C/C=C\C=C/Cc6ccccc65)CC4)N3c3ccccc3)C1Oc1ccccc12. The van der Waals surface area contributed by atoms with Crippen LogP contribution in [0.3, 0.4) is 0 Å². The molecule has 3 heterocycles. The lowest BCUT2D eigenvalue weighted by atomic mass is 9.62. The van der Waals surface area contributed by atoms with Gasteiger partial charge in [0.1, 0.15) is 11.9 Å². The van der Waals surface area contributed by atoms with Gasteiger partial charge in [0.2, 0.25) is 0 Å². The maximum atomic E-state index is 6.94. The van der Waals surface area contributed by atoms with Crippen LogP contribution in [0.25, 0.3) is 5.57 Å². The molecule has 1 saturated carbocycles. The Hall–Kier alpha value is -4.96. The fraction of sp³-hybridized carbons (Fsp3) is 0.256. The summed E-state index contributed by atoms with van der Waals surface area (Å²) in [6.07, 6.45) is 16.6. The maximum Gasteiger partial charge on any atom is 0.123 e. The fourth-order valence-electron chi connectivity index (χ4n) is 9.18. The average molecular weight is 616 g/mol. The van der Waals surface area contributed by atoms with Gasteiger partial charge in [0.05, 0.1) is 5.69 Å². The number of anilines is 4. The number of nitrogen functional groups attached to an aromatic ring is 1. The number of nitrogens with zero attached hydrogens (tertiary/aromatic N) is 2. The number of hydrogen-bond donors (Lipinski definition) is 1. The molecule has 1 fully saturated rings. The largest absolute Gasteiger partial charge is 0.488 e. The average Bonchev–Trinajstić information content (AvgIpc) is 3.63. The van der Waals surface area contributed by atoms with Crippen LogP contribution in [0.4, 0.5) is 22.7 Å². The van der Waals surface area contributed by atoms with Gasteiger partial charge in [0.25, 0.3) is 0 Å². The Labute approximate surface area is 278 Å². The highest BCUT2D eigenvalue weighted by Crippen LogP contribution is 2.59. The van der Waals surface area contributed by atoms with E-state index in [0.717, 1.165) is 50.1 Å². The van der Waals surface area contributed by atoms with Crippen LogP contribution < -0.4 is 20.3 Å². The zero-order valence-corrected chi connectivity index (χ0v) is 27.0. The Morgan fingerprint density at radius 2 is 1.64 bits per heavy atom. The predicted octanol–water partition coefficient (Wildman–Crippen LogP) is 9.52. The van der Waals surface area contributed by atoms with Crippen LogP contribution in [0.1, 0.15) is 49.3 Å². The van der Waals surface area contributed by atoms with Crippen LogP contribution in [0.15, 0.2) is 139 Å². The van der Waals surface area contributed by atoms with Gasteiger partial charge < -0.3 is 20.3 Å². The Kier molecular flexibility index (Phi) is 6.67. The second-order valence-corrected chi connectivity index (χ2v) is 13.9. The molecular formula is C43H41N3O. The molecule has 0 saturated heterocycles. The highest BCUT2D eigenvalue weighted by Gasteiger charge is 2.59. The van der Waals surface area contributed by atoms with E-state index < -0.39 is 0 Å². The number of hydrogen-bond acceptors (Lipinski definition) is 4. The van der Waals surface area contributed by atoms with E-state index in [1.807, 2.05) is 0 Å². The second-order valence-electron chi connectivity index (χ2n) is 13.9. The first-order valence-electron chi connectivity index (χ1n) is 17.2. The molecule has 2 aliphatic carbocycles. The molecule has 4 nitrogen and oxygen atoms in total. The fourth-order valence-corrected chi connectivity index (χ4v) is 9.18. The molecule has 9 rings (SSSR count). The van der Waals surface area contributed by atoms with Crippen LogP contribution in [0, 0.1) is 5.92 Å². The number of nitrogens with two attached hydrogens (primary N) is 1. The standard InChI is InChI=1S/C43H41N3O/c1-43-25-24-37-41(42(43)47-40-19-11-9-17-35(40)43)34-22-20-30(27-39(34)46(37)32-15-6-4-7-16-32)33-23-21-31(44)28-38(33)45-26-12-3-2-5-13-29-14-8-10-18-36(29)45/h2-12,14-19,21,23,27-28,37,41-42H,13,20,22,24-26,44H2,1H3/b5-2-,12-3-. The molecule has 0 amide bonds. The Bertz CT molecular complexity index is 1990. The summed E-state index contributed by atoms with van der Waals surface area (Å²) in [4.78, 5) is 5.11. The van der Waals surface area contributed by atoms with Crippen molar-refractivity contribution in [2.24, 2.45) is 5.92 Å². The van der Waals surface area contributed by atoms with E-state index in [1.165, 1.54) is 45.0 Å². The van der Waals surface area contributed by atoms with E-state index in [-0.39, 0.29) is 11.5 Å². The molecule has 0 bridgehead atoms. The third-order valence-corrected chi connectivity index (χ3v) is 11.4. The smallest absolute Gasteiger partial charge is 0.123 e. The van der Waals surface area contributed by atoms with Gasteiger partial charge >= 0.3 is 0 Å². The number of allylic oxidation sites excluding steroid dienone is 5. The van der Waals surface area contributed by atoms with Crippen LogP contribution in [0.5, 0.6) is 5.75 Å². The quantitative estimate of drug-likeness (QED) is 0.233. The highest BCUT2D eigenvalue weighted by atomic mass is 16.5. The summed E-state index contributed by atoms with van der Waals surface area (Å²) >= 11 is 0. The molecule has 3 aliphatic heterocycles. The molecule has 0 aromatic heterocycles. The molecule has 234 valence electrons. The summed E-state index contributed by atoms with van der Waals surface area (Å²) in [6.45, 7) is 3.22. The number of rotatable bonds is 3. The number of fused-ring (bicyclic) bond motifs is 7. The first-order valence-corrected chi connectivity index (χ1v) is 17.2. The van der Waals surface area contributed by atoms with Crippen LogP contribution in [-0.2, 0) is 11.8 Å². The Morgan fingerprint density at radius 1 is 0.830 bits per heavy atom. The first-order chi connectivity index (χ1) is 23.1. The van der Waals surface area contributed by atoms with Crippen molar-refractivity contribution in [3.8, 4) is 5.75 Å². The second kappa shape index (κ2) is 11.1. The van der Waals surface area contributed by atoms with E-state index in [1.54, 1.807) is 5.57 Å². The van der Waals surface area contributed by atoms with Crippen molar-refractivity contribution in [1.82, 2.24) is 0 Å². The molecule has 47 heavy (non-hydrogen) atoms. The van der Waals surface area contributed by atoms with Crippen LogP contribution in [-0.4, -0.2) is 18.7 Å². The van der Waals surface area contributed by atoms with Gasteiger partial charge in [-0.15, -0.1) is 0 Å². The predicted molar refractivity (Wildman–Crippen MR) is 194 cm³/mol. The summed E-state index contributed by atoms with van der Waals surface area (Å²) < 4.78 is 6.94. The van der Waals surface area contributed by atoms with Crippen molar-refractivity contribution in [1.29, 1.82) is 0 Å². The molecule has 2 N–H and O–H groups in total. The summed E-state index contributed by atoms with van der Waals surface area (Å²) in [5.74, 6) is 1.43. The van der Waals surface area contributed by atoms with Crippen molar-refractivity contribution >= 4 is 28.3 Å². The molecule has 4 unspecified atom stereocenters. The lowest BCUT2D eigenvalue weighted by Crippen LogP contribution is -2.52. The van der Waals surface area contributed by atoms with Gasteiger partial charge in [-0.3, -0.25) is 0 Å². The number of ether oxygens (including phenoxy) is 1. The lowest BCUT2D eigenvalue weighted by Gasteiger charge is -2.45. The lowest BCUT2D eigenvalue weighted by molar-refractivity contribution is 0.0613. The zero-order chi connectivity index (χ0) is 31.5. The van der Waals surface area contributed by atoms with Gasteiger partial charge in [-0.05, 0) is 91.3 Å². The topological polar surface area (TPSA) is 41.7 Å². The minimum absolute atomic E-state index is 0.0245. The summed E-state index contributed by atoms with van der Waals surface area (Å²) in [5, 5.41) is 0. The van der Waals surface area contributed by atoms with Crippen LogP contribution >= 0.6 is 0 Å². The number of benzene rings is 4. The molecule has 4 atom stereocenters. The van der Waals surface area contributed by atoms with Gasteiger partial charge in [0, 0.05) is 57.8 Å². The Morgan fingerprint density at radius 3 is 2.55 bits per heavy atom. The summed E-state index contributed by atoms with van der Waals surface area (Å²) in [5.41, 5.74) is 19.3. The molecule has 0 radical (unpaired) electrons. The van der Waals surface area contributed by atoms with E-state index in [4.69, 9.17) is 10.5 Å². The van der Waals surface area contributed by atoms with Crippen molar-refractivity contribution < 1.29 is 4.74 Å². The van der Waals surface area contributed by atoms with E-state index >= 15 is 0 Å². The van der Waals surface area contributed by atoms with E-state index in [2.05, 4.69) is 144 Å². The van der Waals surface area contributed by atoms with E-state index in [0.29, 0.717) is 12.0 Å². The van der Waals surface area contributed by atoms with Crippen LogP contribution in [0.2, 0.25) is 0 Å². The summed E-state index contributed by atoms with van der Waals surface area (Å²) in [7, 11) is 0. The summed E-state index contributed by atoms with van der Waals surface area (Å²) in [6, 6.07) is 35.5. The van der Waals surface area contributed by atoms with Gasteiger partial charge in [-0.2, -0.15) is 0 Å². The molecule has 0 spiro atoms. The maximum absolute atomic E-state index is 6.94. The monoisotopic (exact) mass is 615 g/mol. The minimum Gasteiger partial charge on any atom is -0.488 e. The minimum atomic E-state index is 0.0245. The van der Waals surface area contributed by atoms with E-state index in [9.17, 15) is 0 Å². The number of para-hydroxylation sites is 3. The van der Waals surface area contributed by atoms with Gasteiger partial charge in [0.15, 0.2) is 0 Å². The third-order valence-electron chi connectivity index (χ3n) is 11.4. The van der Waals surface area contributed by atoms with Crippen molar-refractivity contribution in [2.75, 3.05) is 22.1 Å². The molecule has 4 aromatic rings. The normalized spacial score (nSPS) is 27.2. The zero-order valence-electron chi connectivity index (χ0n) is 27.0. The molecule has 4 heteroatoms. The molecule has 5 aliphatic rings. The van der Waals surface area contributed by atoms with Gasteiger partial charge in [-0.1, -0.05) is 91.9 Å². The van der Waals surface area contributed by atoms with Crippen molar-refractivity contribution in [3.05, 3.63) is 155 Å².